The molecule has 0 fully saturated rings. The summed E-state index contributed by atoms with van der Waals surface area (Å²) in [7, 11) is 0. The standard InChI is InChI=1S/C19H17F2N3O2/c20-14-3-7-16(8-4-14)23-19(25)2-1-11-24-13-18(12-22-24)26-17-9-5-15(21)6-10-17/h3-10,12-13H,1-2,11H2,(H,23,25). The SMILES string of the molecule is O=C(CCCn1cc(Oc2ccc(F)cc2)cn1)Nc1ccc(F)cc1. The Morgan fingerprint density at radius 2 is 1.65 bits per heavy atom. The van der Waals surface area contributed by atoms with Crippen molar-refractivity contribution < 1.29 is 18.3 Å². The summed E-state index contributed by atoms with van der Waals surface area (Å²) in [5, 5.41) is 6.87. The summed E-state index contributed by atoms with van der Waals surface area (Å²) in [5.74, 6) is 0.232. The highest BCUT2D eigenvalue weighted by atomic mass is 19.1. The number of benzene rings is 2. The summed E-state index contributed by atoms with van der Waals surface area (Å²) in [4.78, 5) is 11.9. The maximum Gasteiger partial charge on any atom is 0.224 e. The van der Waals surface area contributed by atoms with Crippen LogP contribution in [0.5, 0.6) is 11.5 Å². The molecule has 0 aliphatic rings. The first-order chi connectivity index (χ1) is 12.6. The third-order valence-electron chi connectivity index (χ3n) is 3.58. The molecule has 1 N–H and O–H groups in total. The van der Waals surface area contributed by atoms with Crippen LogP contribution < -0.4 is 10.1 Å². The number of nitrogens with zero attached hydrogens (tertiary/aromatic N) is 2. The van der Waals surface area contributed by atoms with E-state index < -0.39 is 0 Å². The molecule has 0 atom stereocenters. The van der Waals surface area contributed by atoms with Gasteiger partial charge in [0, 0.05) is 18.7 Å². The second kappa shape index (κ2) is 8.24. The lowest BCUT2D eigenvalue weighted by atomic mass is 10.2. The Morgan fingerprint density at radius 3 is 2.35 bits per heavy atom. The van der Waals surface area contributed by atoms with Gasteiger partial charge in [0.25, 0.3) is 0 Å². The molecule has 0 spiro atoms. The van der Waals surface area contributed by atoms with Crippen LogP contribution in [0.2, 0.25) is 0 Å². The monoisotopic (exact) mass is 357 g/mol. The van der Waals surface area contributed by atoms with Crippen molar-refractivity contribution in [2.45, 2.75) is 19.4 Å². The van der Waals surface area contributed by atoms with Gasteiger partial charge in [-0.05, 0) is 55.0 Å². The van der Waals surface area contributed by atoms with E-state index in [4.69, 9.17) is 4.74 Å². The molecule has 7 heteroatoms. The number of hydrogen-bond donors (Lipinski definition) is 1. The Morgan fingerprint density at radius 1 is 1.00 bits per heavy atom. The zero-order chi connectivity index (χ0) is 18.4. The van der Waals surface area contributed by atoms with E-state index >= 15 is 0 Å². The number of carbonyl (C=O) groups excluding carboxylic acids is 1. The van der Waals surface area contributed by atoms with Crippen LogP contribution in [0.3, 0.4) is 0 Å². The van der Waals surface area contributed by atoms with Gasteiger partial charge in [0.2, 0.25) is 5.91 Å². The molecule has 3 rings (SSSR count). The van der Waals surface area contributed by atoms with Gasteiger partial charge in [0.05, 0.1) is 12.4 Å². The summed E-state index contributed by atoms with van der Waals surface area (Å²) in [6.07, 6.45) is 4.17. The largest absolute Gasteiger partial charge is 0.454 e. The number of ether oxygens (including phenoxy) is 1. The Hall–Kier alpha value is -3.22. The first kappa shape index (κ1) is 17.6. The van der Waals surface area contributed by atoms with Gasteiger partial charge in [-0.3, -0.25) is 9.48 Å². The minimum atomic E-state index is -0.347. The van der Waals surface area contributed by atoms with E-state index in [0.717, 1.165) is 0 Å². The zero-order valence-corrected chi connectivity index (χ0v) is 13.9. The van der Waals surface area contributed by atoms with Gasteiger partial charge in [0.1, 0.15) is 17.4 Å². The highest BCUT2D eigenvalue weighted by Crippen LogP contribution is 2.20. The van der Waals surface area contributed by atoms with Crippen molar-refractivity contribution in [2.75, 3.05) is 5.32 Å². The number of anilines is 1. The Kier molecular flexibility index (Phi) is 5.58. The molecular formula is C19H17F2N3O2. The number of amides is 1. The van der Waals surface area contributed by atoms with Gasteiger partial charge in [-0.25, -0.2) is 8.78 Å². The quantitative estimate of drug-likeness (QED) is 0.683. The van der Waals surface area contributed by atoms with Crippen molar-refractivity contribution in [3.05, 3.63) is 72.6 Å². The Labute approximate surface area is 149 Å². The average Bonchev–Trinajstić information content (AvgIpc) is 3.06. The molecule has 0 radical (unpaired) electrons. The van der Waals surface area contributed by atoms with Crippen molar-refractivity contribution in [2.24, 2.45) is 0 Å². The number of nitrogens with one attached hydrogen (secondary N) is 1. The van der Waals surface area contributed by atoms with E-state index in [2.05, 4.69) is 10.4 Å². The molecular weight excluding hydrogens is 340 g/mol. The van der Waals surface area contributed by atoms with Gasteiger partial charge in [-0.1, -0.05) is 0 Å². The van der Waals surface area contributed by atoms with Crippen LogP contribution in [0.25, 0.3) is 0 Å². The third-order valence-corrected chi connectivity index (χ3v) is 3.58. The van der Waals surface area contributed by atoms with E-state index in [1.807, 2.05) is 0 Å². The second-order valence-electron chi connectivity index (χ2n) is 5.65. The third kappa shape index (κ3) is 5.14. The maximum atomic E-state index is 12.9. The predicted molar refractivity (Wildman–Crippen MR) is 93.0 cm³/mol. The topological polar surface area (TPSA) is 56.2 Å². The van der Waals surface area contributed by atoms with Crippen LogP contribution in [0.1, 0.15) is 12.8 Å². The molecule has 1 heterocycles. The van der Waals surface area contributed by atoms with Crippen LogP contribution in [-0.4, -0.2) is 15.7 Å². The van der Waals surface area contributed by atoms with Gasteiger partial charge >= 0.3 is 0 Å². The smallest absolute Gasteiger partial charge is 0.224 e. The van der Waals surface area contributed by atoms with Crippen molar-refractivity contribution in [3.63, 3.8) is 0 Å². The second-order valence-corrected chi connectivity index (χ2v) is 5.65. The fourth-order valence-electron chi connectivity index (χ4n) is 2.32. The van der Waals surface area contributed by atoms with Gasteiger partial charge in [0.15, 0.2) is 5.75 Å². The molecule has 0 bridgehead atoms. The van der Waals surface area contributed by atoms with Crippen LogP contribution in [-0.2, 0) is 11.3 Å². The van der Waals surface area contributed by atoms with Crippen LogP contribution in [0.4, 0.5) is 14.5 Å². The van der Waals surface area contributed by atoms with Crippen molar-refractivity contribution in [1.82, 2.24) is 9.78 Å². The lowest BCUT2D eigenvalue weighted by molar-refractivity contribution is -0.116. The lowest BCUT2D eigenvalue weighted by Gasteiger charge is -2.05. The zero-order valence-electron chi connectivity index (χ0n) is 13.9. The molecule has 26 heavy (non-hydrogen) atoms. The molecule has 5 nitrogen and oxygen atoms in total. The number of carbonyl (C=O) groups is 1. The molecule has 134 valence electrons. The van der Waals surface area contributed by atoms with Gasteiger partial charge in [-0.2, -0.15) is 5.10 Å². The van der Waals surface area contributed by atoms with Crippen LogP contribution in [0.15, 0.2) is 60.9 Å². The lowest BCUT2D eigenvalue weighted by Crippen LogP contribution is -2.12. The minimum Gasteiger partial charge on any atom is -0.454 e. The average molecular weight is 357 g/mol. The molecule has 2 aromatic carbocycles. The van der Waals surface area contributed by atoms with E-state index in [9.17, 15) is 13.6 Å². The van der Waals surface area contributed by atoms with Crippen LogP contribution in [0, 0.1) is 11.6 Å². The molecule has 0 saturated heterocycles. The molecule has 3 aromatic rings. The van der Waals surface area contributed by atoms with Crippen LogP contribution >= 0.6 is 0 Å². The van der Waals surface area contributed by atoms with E-state index in [0.29, 0.717) is 36.6 Å². The maximum absolute atomic E-state index is 12.9. The summed E-state index contributed by atoms with van der Waals surface area (Å²) in [6.45, 7) is 0.545. The molecule has 0 aliphatic heterocycles. The molecule has 0 unspecified atom stereocenters. The fourth-order valence-corrected chi connectivity index (χ4v) is 2.32. The summed E-state index contributed by atoms with van der Waals surface area (Å²) in [5.41, 5.74) is 0.561. The normalized spacial score (nSPS) is 10.5. The molecule has 1 aromatic heterocycles. The van der Waals surface area contributed by atoms with E-state index in [-0.39, 0.29) is 17.5 Å². The van der Waals surface area contributed by atoms with E-state index in [1.54, 1.807) is 17.1 Å². The van der Waals surface area contributed by atoms with Gasteiger partial charge in [-0.15, -0.1) is 0 Å². The Balaban J connectivity index is 1.43. The van der Waals surface area contributed by atoms with Crippen molar-refractivity contribution >= 4 is 11.6 Å². The first-order valence-corrected chi connectivity index (χ1v) is 8.10. The number of rotatable bonds is 7. The summed E-state index contributed by atoms with van der Waals surface area (Å²) < 4.78 is 32.9. The fraction of sp³-hybridized carbons (Fsp3) is 0.158. The predicted octanol–water partition coefficient (Wildman–Crippen LogP) is 4.37. The summed E-state index contributed by atoms with van der Waals surface area (Å²) >= 11 is 0. The molecule has 0 saturated carbocycles. The number of aromatic nitrogens is 2. The van der Waals surface area contributed by atoms with Crippen molar-refractivity contribution in [1.29, 1.82) is 0 Å². The molecule has 1 amide bonds. The number of hydrogen-bond acceptors (Lipinski definition) is 3. The minimum absolute atomic E-state index is 0.147. The Bertz CT molecular complexity index is 861. The van der Waals surface area contributed by atoms with Gasteiger partial charge < -0.3 is 10.1 Å². The molecule has 0 aliphatic carbocycles. The first-order valence-electron chi connectivity index (χ1n) is 8.10. The van der Waals surface area contributed by atoms with Crippen molar-refractivity contribution in [3.8, 4) is 11.5 Å². The summed E-state index contributed by atoms with van der Waals surface area (Å²) in [6, 6.07) is 11.3. The highest BCUT2D eigenvalue weighted by molar-refractivity contribution is 5.90. The number of aryl methyl sites for hydroxylation is 1. The highest BCUT2D eigenvalue weighted by Gasteiger charge is 2.05. The number of halogens is 2. The van der Waals surface area contributed by atoms with E-state index in [1.165, 1.54) is 48.5 Å².